The first kappa shape index (κ1) is 22.7. The Balaban J connectivity index is 1.84. The molecule has 8 nitrogen and oxygen atoms in total. The highest BCUT2D eigenvalue weighted by molar-refractivity contribution is 7.90. The Morgan fingerprint density at radius 2 is 1.97 bits per heavy atom. The summed E-state index contributed by atoms with van der Waals surface area (Å²) in [7, 11) is 2.77. The molecule has 11 heteroatoms. The Morgan fingerprint density at radius 3 is 2.68 bits per heavy atom. The van der Waals surface area contributed by atoms with Crippen molar-refractivity contribution in [1.29, 1.82) is 0 Å². The maximum Gasteiger partial charge on any atom is 0.301 e. The Kier molecular flexibility index (Phi) is 5.34. The van der Waals surface area contributed by atoms with Crippen LogP contribution in [0.1, 0.15) is 5.56 Å². The lowest BCUT2D eigenvalue weighted by atomic mass is 9.98. The summed E-state index contributed by atoms with van der Waals surface area (Å²) in [5.41, 5.74) is 3.04. The fraction of sp³-hybridized carbons (Fsp3) is 0.217. The van der Waals surface area contributed by atoms with Crippen LogP contribution in [0.3, 0.4) is 0 Å². The van der Waals surface area contributed by atoms with Crippen LogP contribution in [0.5, 0.6) is 0 Å². The normalized spacial score (nSPS) is 13.5. The van der Waals surface area contributed by atoms with E-state index in [1.54, 1.807) is 20.2 Å². The third-order valence-corrected chi connectivity index (χ3v) is 8.46. The van der Waals surface area contributed by atoms with Crippen LogP contribution in [0.25, 0.3) is 31.4 Å². The fourth-order valence-electron chi connectivity index (χ4n) is 4.26. The average molecular weight is 517 g/mol. The number of hydrogen-bond donors (Lipinski definition) is 0. The van der Waals surface area contributed by atoms with Gasteiger partial charge in [-0.15, -0.1) is 20.5 Å². The number of halogens is 1. The van der Waals surface area contributed by atoms with Gasteiger partial charge in [0.05, 0.1) is 10.4 Å². The van der Waals surface area contributed by atoms with E-state index in [9.17, 15) is 13.2 Å². The fourth-order valence-corrected chi connectivity index (χ4v) is 6.64. The quantitative estimate of drug-likeness (QED) is 0.303. The second kappa shape index (κ2) is 8.00. The van der Waals surface area contributed by atoms with E-state index >= 15 is 0 Å². The van der Waals surface area contributed by atoms with Crippen molar-refractivity contribution in [2.45, 2.75) is 11.4 Å². The average Bonchev–Trinajstić information content (AvgIpc) is 3.18. The van der Waals surface area contributed by atoms with Gasteiger partial charge in [-0.2, -0.15) is 8.42 Å². The van der Waals surface area contributed by atoms with Crippen molar-refractivity contribution in [2.75, 3.05) is 33.2 Å². The van der Waals surface area contributed by atoms with Gasteiger partial charge in [0.25, 0.3) is 10.0 Å². The van der Waals surface area contributed by atoms with Gasteiger partial charge in [-0.05, 0) is 35.9 Å². The van der Waals surface area contributed by atoms with Gasteiger partial charge < -0.3 is 14.6 Å². The number of thiophene rings is 1. The molecular weight excluding hydrogens is 496 g/mol. The van der Waals surface area contributed by atoms with Crippen molar-refractivity contribution >= 4 is 66.0 Å². The van der Waals surface area contributed by atoms with E-state index in [1.807, 2.05) is 25.2 Å². The van der Waals surface area contributed by atoms with Crippen molar-refractivity contribution in [2.24, 2.45) is 4.40 Å². The van der Waals surface area contributed by atoms with Crippen LogP contribution in [-0.2, 0) is 16.6 Å². The zero-order chi connectivity index (χ0) is 24.4. The van der Waals surface area contributed by atoms with Gasteiger partial charge in [0.1, 0.15) is 18.1 Å². The largest absolute Gasteiger partial charge is 0.413 e. The molecule has 0 N–H and O–H groups in total. The molecule has 1 aliphatic heterocycles. The molecule has 0 radical (unpaired) electrons. The Labute approximate surface area is 205 Å². The lowest BCUT2D eigenvalue weighted by Gasteiger charge is -2.28. The van der Waals surface area contributed by atoms with Crippen molar-refractivity contribution in [3.8, 4) is 10.4 Å². The van der Waals surface area contributed by atoms with Crippen molar-refractivity contribution in [3.63, 3.8) is 0 Å². The first-order valence-corrected chi connectivity index (χ1v) is 12.9. The standard InChI is InChI=1S/C23H21ClN4O4S2/c1-26(2)12-25-34(30,31)14-6-8-15-19(10-14)28(32-4)23(29)22-20(15)17-11-27(3)18-9-13(24)5-7-16(18)21(17)33-22/h5-10,12H,11H2,1-4H3. The molecule has 0 unspecified atom stereocenters. The topological polar surface area (TPSA) is 84.2 Å². The summed E-state index contributed by atoms with van der Waals surface area (Å²) >= 11 is 7.64. The monoisotopic (exact) mass is 516 g/mol. The van der Waals surface area contributed by atoms with Gasteiger partial charge in [-0.3, -0.25) is 4.79 Å². The second-order valence-electron chi connectivity index (χ2n) is 8.25. The van der Waals surface area contributed by atoms with Crippen LogP contribution >= 0.6 is 22.9 Å². The lowest BCUT2D eigenvalue weighted by molar-refractivity contribution is 0.170. The van der Waals surface area contributed by atoms with Crippen molar-refractivity contribution in [3.05, 3.63) is 57.3 Å². The van der Waals surface area contributed by atoms with Crippen LogP contribution < -0.4 is 15.3 Å². The molecule has 2 aromatic carbocycles. The molecule has 0 bridgehead atoms. The predicted octanol–water partition coefficient (Wildman–Crippen LogP) is 3.82. The summed E-state index contributed by atoms with van der Waals surface area (Å²) in [6.07, 6.45) is 1.22. The summed E-state index contributed by atoms with van der Waals surface area (Å²) in [6.45, 7) is 0.585. The number of rotatable bonds is 4. The lowest BCUT2D eigenvalue weighted by Crippen LogP contribution is -2.25. The van der Waals surface area contributed by atoms with Crippen molar-refractivity contribution in [1.82, 2.24) is 9.63 Å². The Bertz CT molecular complexity index is 1670. The van der Waals surface area contributed by atoms with Gasteiger partial charge in [0.15, 0.2) is 0 Å². The SMILES string of the molecule is COn1c(=O)c2sc3c(c2c2ccc(S(=O)(=O)N=CN(C)C)cc21)CN(C)c1cc(Cl)ccc1-3. The van der Waals surface area contributed by atoms with Gasteiger partial charge in [-0.25, -0.2) is 0 Å². The second-order valence-corrected chi connectivity index (χ2v) is 11.3. The number of pyridine rings is 1. The molecule has 5 rings (SSSR count). The molecule has 0 aliphatic carbocycles. The summed E-state index contributed by atoms with van der Waals surface area (Å²) in [5, 5.41) is 2.19. The molecule has 1 aliphatic rings. The molecule has 4 aromatic rings. The first-order chi connectivity index (χ1) is 16.1. The summed E-state index contributed by atoms with van der Waals surface area (Å²) in [5.74, 6) is 0. The number of aromatic nitrogens is 1. The van der Waals surface area contributed by atoms with Crippen LogP contribution in [0, 0.1) is 0 Å². The predicted molar refractivity (Wildman–Crippen MR) is 138 cm³/mol. The van der Waals surface area contributed by atoms with Crippen molar-refractivity contribution < 1.29 is 13.3 Å². The number of anilines is 1. The van der Waals surface area contributed by atoms with E-state index in [0.717, 1.165) is 37.2 Å². The minimum Gasteiger partial charge on any atom is -0.413 e. The van der Waals surface area contributed by atoms with E-state index in [1.165, 1.54) is 41.8 Å². The number of benzene rings is 2. The molecule has 34 heavy (non-hydrogen) atoms. The third-order valence-electron chi connectivity index (χ3n) is 5.75. The molecule has 0 saturated carbocycles. The molecule has 0 atom stereocenters. The molecule has 3 heterocycles. The number of sulfonamides is 1. The maximum absolute atomic E-state index is 13.4. The number of fused-ring (bicyclic) bond motifs is 7. The highest BCUT2D eigenvalue weighted by Crippen LogP contribution is 2.48. The van der Waals surface area contributed by atoms with Crippen LogP contribution in [0.4, 0.5) is 5.69 Å². The van der Waals surface area contributed by atoms with E-state index < -0.39 is 10.0 Å². The van der Waals surface area contributed by atoms with Gasteiger partial charge in [0, 0.05) is 59.6 Å². The third kappa shape index (κ3) is 3.44. The van der Waals surface area contributed by atoms with Crippen LogP contribution in [0.15, 0.2) is 50.5 Å². The summed E-state index contributed by atoms with van der Waals surface area (Å²) < 4.78 is 30.9. The minimum atomic E-state index is -3.96. The van der Waals surface area contributed by atoms with Crippen LogP contribution in [-0.4, -0.2) is 52.6 Å². The number of nitrogens with zero attached hydrogens (tertiary/aromatic N) is 4. The summed E-state index contributed by atoms with van der Waals surface area (Å²) in [6, 6.07) is 10.4. The molecule has 176 valence electrons. The zero-order valence-electron chi connectivity index (χ0n) is 18.9. The first-order valence-electron chi connectivity index (χ1n) is 10.3. The molecule has 0 saturated heterocycles. The molecular formula is C23H21ClN4O4S2. The Morgan fingerprint density at radius 1 is 1.21 bits per heavy atom. The minimum absolute atomic E-state index is 0.0242. The Hall–Kier alpha value is -3.08. The zero-order valence-corrected chi connectivity index (χ0v) is 21.3. The smallest absolute Gasteiger partial charge is 0.301 e. The highest BCUT2D eigenvalue weighted by atomic mass is 35.5. The van der Waals surface area contributed by atoms with E-state index in [2.05, 4.69) is 9.30 Å². The molecule has 0 amide bonds. The van der Waals surface area contributed by atoms with Gasteiger partial charge >= 0.3 is 5.56 Å². The van der Waals surface area contributed by atoms with Crippen LogP contribution in [0.2, 0.25) is 5.02 Å². The summed E-state index contributed by atoms with van der Waals surface area (Å²) in [4.78, 5) is 23.5. The van der Waals surface area contributed by atoms with E-state index in [-0.39, 0.29) is 10.5 Å². The van der Waals surface area contributed by atoms with E-state index in [0.29, 0.717) is 21.8 Å². The highest BCUT2D eigenvalue weighted by Gasteiger charge is 2.28. The maximum atomic E-state index is 13.4. The van der Waals surface area contributed by atoms with Gasteiger partial charge in [-0.1, -0.05) is 17.7 Å². The van der Waals surface area contributed by atoms with E-state index in [4.69, 9.17) is 16.4 Å². The van der Waals surface area contributed by atoms with Gasteiger partial charge in [0.2, 0.25) is 0 Å². The number of hydrogen-bond acceptors (Lipinski definition) is 6. The molecule has 2 aromatic heterocycles. The molecule has 0 fully saturated rings. The molecule has 0 spiro atoms.